The molecular weight excluding hydrogens is 400 g/mol. The smallest absolute Gasteiger partial charge is 0.119 e. The molecule has 0 saturated carbocycles. The topological polar surface area (TPSA) is 18.5 Å². The molecule has 0 saturated heterocycles. The van der Waals surface area contributed by atoms with Crippen LogP contribution in [0.5, 0.6) is 11.5 Å². The lowest BCUT2D eigenvalue weighted by Gasteiger charge is -2.07. The largest absolute Gasteiger partial charge is 0.494 e. The van der Waals surface area contributed by atoms with Gasteiger partial charge in [-0.05, 0) is 84.6 Å². The van der Waals surface area contributed by atoms with Crippen LogP contribution in [-0.4, -0.2) is 13.2 Å². The maximum absolute atomic E-state index is 5.87. The van der Waals surface area contributed by atoms with Gasteiger partial charge in [0, 0.05) is 9.75 Å². The van der Waals surface area contributed by atoms with Crippen LogP contribution in [0.2, 0.25) is 0 Å². The molecule has 3 aromatic rings. The maximum atomic E-state index is 5.87. The van der Waals surface area contributed by atoms with Crippen LogP contribution >= 0.6 is 11.3 Å². The van der Waals surface area contributed by atoms with Crippen molar-refractivity contribution in [2.24, 2.45) is 0 Å². The lowest BCUT2D eigenvalue weighted by atomic mass is 10.1. The fraction of sp³-hybridized carbons (Fsp3) is 0.429. The highest BCUT2D eigenvalue weighted by Crippen LogP contribution is 2.35. The van der Waals surface area contributed by atoms with E-state index in [4.69, 9.17) is 9.47 Å². The minimum Gasteiger partial charge on any atom is -0.494 e. The summed E-state index contributed by atoms with van der Waals surface area (Å²) in [7, 11) is 0. The second-order valence-electron chi connectivity index (χ2n) is 8.03. The maximum Gasteiger partial charge on any atom is 0.119 e. The van der Waals surface area contributed by atoms with Gasteiger partial charge in [0.1, 0.15) is 11.5 Å². The summed E-state index contributed by atoms with van der Waals surface area (Å²) in [5.74, 6) is 1.92. The summed E-state index contributed by atoms with van der Waals surface area (Å²) < 4.78 is 11.7. The molecule has 0 spiro atoms. The van der Waals surface area contributed by atoms with Gasteiger partial charge in [0.05, 0.1) is 13.2 Å². The molecule has 1 heterocycles. The summed E-state index contributed by atoms with van der Waals surface area (Å²) in [5.41, 5.74) is 2.48. The van der Waals surface area contributed by atoms with E-state index in [1.165, 1.54) is 59.4 Å². The molecule has 1 aromatic heterocycles. The molecule has 0 bridgehead atoms. The Morgan fingerprint density at radius 2 is 0.935 bits per heavy atom. The highest BCUT2D eigenvalue weighted by atomic mass is 32.1. The predicted octanol–water partition coefficient (Wildman–Crippen LogP) is 9.00. The van der Waals surface area contributed by atoms with E-state index < -0.39 is 0 Å². The van der Waals surface area contributed by atoms with Crippen molar-refractivity contribution in [3.8, 4) is 32.4 Å². The molecule has 0 unspecified atom stereocenters. The van der Waals surface area contributed by atoms with Crippen LogP contribution in [0.15, 0.2) is 60.7 Å². The fourth-order valence-electron chi connectivity index (χ4n) is 3.52. The first-order valence-electron chi connectivity index (χ1n) is 11.9. The molecule has 0 N–H and O–H groups in total. The third kappa shape index (κ3) is 7.74. The Balaban J connectivity index is 1.51. The number of benzene rings is 2. The minimum absolute atomic E-state index is 0.806. The van der Waals surface area contributed by atoms with E-state index in [2.05, 4.69) is 74.5 Å². The number of rotatable bonds is 14. The number of thiophene rings is 1. The lowest BCUT2D eigenvalue weighted by Crippen LogP contribution is -1.96. The molecular formula is C28H36O2S. The first-order chi connectivity index (χ1) is 15.3. The Kier molecular flexibility index (Phi) is 9.98. The monoisotopic (exact) mass is 436 g/mol. The number of hydrogen-bond acceptors (Lipinski definition) is 3. The van der Waals surface area contributed by atoms with Crippen molar-refractivity contribution >= 4 is 11.3 Å². The standard InChI is InChI=1S/C28H36O2S/c1-3-5-7-9-21-29-25-15-11-23(12-16-25)27-19-20-28(31-27)24-13-17-26(18-14-24)30-22-10-8-6-4-2/h11-20H,3-10,21-22H2,1-2H3. The van der Waals surface area contributed by atoms with Gasteiger partial charge in [0.15, 0.2) is 0 Å². The van der Waals surface area contributed by atoms with Crippen molar-refractivity contribution in [1.29, 1.82) is 0 Å². The van der Waals surface area contributed by atoms with Crippen LogP contribution in [0.4, 0.5) is 0 Å². The zero-order valence-electron chi connectivity index (χ0n) is 19.1. The quantitative estimate of drug-likeness (QED) is 0.235. The Labute approximate surface area is 192 Å². The third-order valence-corrected chi connectivity index (χ3v) is 6.60. The van der Waals surface area contributed by atoms with Gasteiger partial charge < -0.3 is 9.47 Å². The van der Waals surface area contributed by atoms with Crippen LogP contribution in [0.1, 0.15) is 65.2 Å². The second kappa shape index (κ2) is 13.2. The van der Waals surface area contributed by atoms with Gasteiger partial charge in [-0.1, -0.05) is 52.4 Å². The van der Waals surface area contributed by atoms with E-state index in [9.17, 15) is 0 Å². The zero-order chi connectivity index (χ0) is 21.7. The van der Waals surface area contributed by atoms with E-state index in [0.29, 0.717) is 0 Å². The van der Waals surface area contributed by atoms with Crippen molar-refractivity contribution in [3.05, 3.63) is 60.7 Å². The van der Waals surface area contributed by atoms with E-state index in [0.717, 1.165) is 37.6 Å². The first kappa shape index (κ1) is 23.4. The molecule has 3 heteroatoms. The first-order valence-corrected chi connectivity index (χ1v) is 12.7. The van der Waals surface area contributed by atoms with Gasteiger partial charge in [-0.2, -0.15) is 0 Å². The summed E-state index contributed by atoms with van der Waals surface area (Å²) in [6.45, 7) is 6.08. The molecule has 2 aromatic carbocycles. The van der Waals surface area contributed by atoms with Crippen LogP contribution in [0, 0.1) is 0 Å². The van der Waals surface area contributed by atoms with Gasteiger partial charge in [-0.3, -0.25) is 0 Å². The summed E-state index contributed by atoms with van der Waals surface area (Å²) in [5, 5.41) is 0. The Hall–Kier alpha value is -2.26. The molecule has 2 nitrogen and oxygen atoms in total. The van der Waals surface area contributed by atoms with Gasteiger partial charge in [-0.15, -0.1) is 11.3 Å². The van der Waals surface area contributed by atoms with Crippen LogP contribution in [-0.2, 0) is 0 Å². The molecule has 31 heavy (non-hydrogen) atoms. The summed E-state index contributed by atoms with van der Waals surface area (Å²) >= 11 is 1.82. The van der Waals surface area contributed by atoms with Crippen molar-refractivity contribution < 1.29 is 9.47 Å². The van der Waals surface area contributed by atoms with Gasteiger partial charge in [0.2, 0.25) is 0 Å². The normalized spacial score (nSPS) is 10.9. The summed E-state index contributed by atoms with van der Waals surface area (Å²) in [6, 6.07) is 21.4. The van der Waals surface area contributed by atoms with Crippen LogP contribution in [0.3, 0.4) is 0 Å². The fourth-order valence-corrected chi connectivity index (χ4v) is 4.53. The third-order valence-electron chi connectivity index (χ3n) is 5.42. The molecule has 0 amide bonds. The molecule has 3 rings (SSSR count). The van der Waals surface area contributed by atoms with Crippen LogP contribution in [0.25, 0.3) is 20.9 Å². The molecule has 0 atom stereocenters. The predicted molar refractivity (Wildman–Crippen MR) is 134 cm³/mol. The van der Waals surface area contributed by atoms with Crippen LogP contribution < -0.4 is 9.47 Å². The van der Waals surface area contributed by atoms with Gasteiger partial charge >= 0.3 is 0 Å². The summed E-state index contributed by atoms with van der Waals surface area (Å²) in [6.07, 6.45) is 9.86. The lowest BCUT2D eigenvalue weighted by molar-refractivity contribution is 0.305. The number of unbranched alkanes of at least 4 members (excludes halogenated alkanes) is 6. The Morgan fingerprint density at radius 1 is 0.516 bits per heavy atom. The van der Waals surface area contributed by atoms with Gasteiger partial charge in [-0.25, -0.2) is 0 Å². The minimum atomic E-state index is 0.806. The molecule has 0 fully saturated rings. The van der Waals surface area contributed by atoms with Crippen molar-refractivity contribution in [1.82, 2.24) is 0 Å². The SMILES string of the molecule is CCCCCCOc1ccc(-c2ccc(-c3ccc(OCCCCCC)cc3)s2)cc1. The Bertz CT molecular complexity index is 793. The molecule has 0 radical (unpaired) electrons. The van der Waals surface area contributed by atoms with Crippen molar-refractivity contribution in [2.45, 2.75) is 65.2 Å². The highest BCUT2D eigenvalue weighted by Gasteiger charge is 2.06. The van der Waals surface area contributed by atoms with Crippen molar-refractivity contribution in [2.75, 3.05) is 13.2 Å². The van der Waals surface area contributed by atoms with E-state index in [1.54, 1.807) is 0 Å². The highest BCUT2D eigenvalue weighted by molar-refractivity contribution is 7.18. The van der Waals surface area contributed by atoms with Gasteiger partial charge in [0.25, 0.3) is 0 Å². The molecule has 0 aliphatic rings. The second-order valence-corrected chi connectivity index (χ2v) is 9.11. The zero-order valence-corrected chi connectivity index (χ0v) is 19.9. The number of ether oxygens (including phenoxy) is 2. The molecule has 0 aliphatic heterocycles. The van der Waals surface area contributed by atoms with E-state index in [-0.39, 0.29) is 0 Å². The average molecular weight is 437 g/mol. The number of hydrogen-bond donors (Lipinski definition) is 0. The molecule has 0 aliphatic carbocycles. The molecule has 166 valence electrons. The average Bonchev–Trinajstić information content (AvgIpc) is 3.30. The summed E-state index contributed by atoms with van der Waals surface area (Å²) in [4.78, 5) is 2.56. The Morgan fingerprint density at radius 3 is 1.32 bits per heavy atom. The van der Waals surface area contributed by atoms with E-state index >= 15 is 0 Å². The van der Waals surface area contributed by atoms with E-state index in [1.807, 2.05) is 11.3 Å². The van der Waals surface area contributed by atoms with Crippen molar-refractivity contribution in [3.63, 3.8) is 0 Å².